The minimum absolute atomic E-state index is 0.300. The minimum Gasteiger partial charge on any atom is -0.381 e. The largest absolute Gasteiger partial charge is 0.381 e. The van der Waals surface area contributed by atoms with E-state index in [0.717, 1.165) is 39.1 Å². The summed E-state index contributed by atoms with van der Waals surface area (Å²) < 4.78 is 5.49. The van der Waals surface area contributed by atoms with Crippen molar-refractivity contribution in [3.63, 3.8) is 0 Å². The molecule has 0 spiro atoms. The normalized spacial score (nSPS) is 19.7. The molecule has 1 saturated heterocycles. The summed E-state index contributed by atoms with van der Waals surface area (Å²) in [5.41, 5.74) is 6.36. The quantitative estimate of drug-likeness (QED) is 0.679. The second-order valence-corrected chi connectivity index (χ2v) is 6.09. The SMILES string of the molecule is CCCCCN(CC1(CN)CCOCC1)C(C)C. The average molecular weight is 256 g/mol. The van der Waals surface area contributed by atoms with Crippen molar-refractivity contribution in [3.05, 3.63) is 0 Å². The van der Waals surface area contributed by atoms with Crippen molar-refractivity contribution in [2.45, 2.75) is 58.9 Å². The highest BCUT2D eigenvalue weighted by Gasteiger charge is 2.33. The predicted molar refractivity (Wildman–Crippen MR) is 77.8 cm³/mol. The van der Waals surface area contributed by atoms with Gasteiger partial charge in [0.25, 0.3) is 0 Å². The van der Waals surface area contributed by atoms with Gasteiger partial charge in [0.1, 0.15) is 0 Å². The van der Waals surface area contributed by atoms with E-state index in [1.807, 2.05) is 0 Å². The number of nitrogens with two attached hydrogens (primary N) is 1. The van der Waals surface area contributed by atoms with Crippen LogP contribution < -0.4 is 5.73 Å². The zero-order valence-corrected chi connectivity index (χ0v) is 12.6. The predicted octanol–water partition coefficient (Wildman–Crippen LogP) is 2.64. The molecule has 1 aliphatic rings. The summed E-state index contributed by atoms with van der Waals surface area (Å²) in [4.78, 5) is 2.62. The number of ether oxygens (including phenoxy) is 1. The van der Waals surface area contributed by atoms with Crippen LogP contribution in [0.2, 0.25) is 0 Å². The molecule has 0 aliphatic carbocycles. The fourth-order valence-corrected chi connectivity index (χ4v) is 2.75. The van der Waals surface area contributed by atoms with E-state index in [4.69, 9.17) is 10.5 Å². The monoisotopic (exact) mass is 256 g/mol. The van der Waals surface area contributed by atoms with Gasteiger partial charge in [0.05, 0.1) is 0 Å². The van der Waals surface area contributed by atoms with Gasteiger partial charge in [-0.05, 0) is 51.6 Å². The molecule has 1 fully saturated rings. The number of hydrogen-bond donors (Lipinski definition) is 1. The maximum Gasteiger partial charge on any atom is 0.0472 e. The Hall–Kier alpha value is -0.120. The first-order valence-electron chi connectivity index (χ1n) is 7.65. The van der Waals surface area contributed by atoms with E-state index in [1.165, 1.54) is 25.8 Å². The van der Waals surface area contributed by atoms with Crippen LogP contribution >= 0.6 is 0 Å². The molecule has 3 heteroatoms. The molecule has 3 nitrogen and oxygen atoms in total. The van der Waals surface area contributed by atoms with Gasteiger partial charge in [-0.1, -0.05) is 19.8 Å². The Kier molecular flexibility index (Phi) is 7.20. The molecule has 1 aliphatic heterocycles. The van der Waals surface area contributed by atoms with Crippen LogP contribution in [0.3, 0.4) is 0 Å². The second-order valence-electron chi connectivity index (χ2n) is 6.09. The van der Waals surface area contributed by atoms with Gasteiger partial charge in [0.2, 0.25) is 0 Å². The second kappa shape index (κ2) is 8.13. The summed E-state index contributed by atoms with van der Waals surface area (Å²) in [6, 6.07) is 0.619. The van der Waals surface area contributed by atoms with E-state index < -0.39 is 0 Å². The van der Waals surface area contributed by atoms with Crippen molar-refractivity contribution in [2.75, 3.05) is 32.8 Å². The Morgan fingerprint density at radius 2 is 1.89 bits per heavy atom. The van der Waals surface area contributed by atoms with E-state index in [2.05, 4.69) is 25.7 Å². The first kappa shape index (κ1) is 15.9. The molecule has 18 heavy (non-hydrogen) atoms. The van der Waals surface area contributed by atoms with E-state index in [-0.39, 0.29) is 0 Å². The van der Waals surface area contributed by atoms with E-state index in [1.54, 1.807) is 0 Å². The van der Waals surface area contributed by atoms with Crippen molar-refractivity contribution in [1.82, 2.24) is 4.90 Å². The van der Waals surface area contributed by atoms with E-state index in [0.29, 0.717) is 11.5 Å². The van der Waals surface area contributed by atoms with Gasteiger partial charge >= 0.3 is 0 Å². The van der Waals surface area contributed by atoms with Crippen LogP contribution in [0.4, 0.5) is 0 Å². The Morgan fingerprint density at radius 1 is 1.22 bits per heavy atom. The van der Waals surface area contributed by atoms with Gasteiger partial charge < -0.3 is 15.4 Å². The molecule has 0 saturated carbocycles. The average Bonchev–Trinajstić information content (AvgIpc) is 2.39. The summed E-state index contributed by atoms with van der Waals surface area (Å²) in [6.45, 7) is 11.8. The lowest BCUT2D eigenvalue weighted by atomic mass is 9.79. The lowest BCUT2D eigenvalue weighted by Crippen LogP contribution is -2.48. The Labute approximate surface area is 113 Å². The number of nitrogens with zero attached hydrogens (tertiary/aromatic N) is 1. The van der Waals surface area contributed by atoms with Crippen molar-refractivity contribution < 1.29 is 4.74 Å². The third-order valence-corrected chi connectivity index (χ3v) is 4.30. The van der Waals surface area contributed by atoms with Gasteiger partial charge in [-0.15, -0.1) is 0 Å². The van der Waals surface area contributed by atoms with Crippen LogP contribution in [0.1, 0.15) is 52.9 Å². The maximum absolute atomic E-state index is 6.06. The summed E-state index contributed by atoms with van der Waals surface area (Å²) >= 11 is 0. The van der Waals surface area contributed by atoms with Crippen molar-refractivity contribution >= 4 is 0 Å². The third kappa shape index (κ3) is 4.87. The van der Waals surface area contributed by atoms with Gasteiger partial charge in [-0.25, -0.2) is 0 Å². The van der Waals surface area contributed by atoms with Gasteiger partial charge in [-0.2, -0.15) is 0 Å². The summed E-state index contributed by atoms with van der Waals surface area (Å²) in [6.07, 6.45) is 6.19. The Bertz CT molecular complexity index is 213. The molecule has 1 heterocycles. The highest BCUT2D eigenvalue weighted by molar-refractivity contribution is 4.87. The zero-order chi connectivity index (χ0) is 13.4. The van der Waals surface area contributed by atoms with Crippen LogP contribution in [-0.2, 0) is 4.74 Å². The molecule has 0 aromatic carbocycles. The Balaban J connectivity index is 2.51. The highest BCUT2D eigenvalue weighted by Crippen LogP contribution is 2.31. The Morgan fingerprint density at radius 3 is 2.39 bits per heavy atom. The lowest BCUT2D eigenvalue weighted by molar-refractivity contribution is -0.00555. The first-order chi connectivity index (χ1) is 8.63. The van der Waals surface area contributed by atoms with Crippen LogP contribution in [0.25, 0.3) is 0 Å². The van der Waals surface area contributed by atoms with E-state index in [9.17, 15) is 0 Å². The van der Waals surface area contributed by atoms with Gasteiger partial charge in [0, 0.05) is 25.8 Å². The number of rotatable bonds is 8. The van der Waals surface area contributed by atoms with Crippen molar-refractivity contribution in [1.29, 1.82) is 0 Å². The highest BCUT2D eigenvalue weighted by atomic mass is 16.5. The first-order valence-corrected chi connectivity index (χ1v) is 7.65. The zero-order valence-electron chi connectivity index (χ0n) is 12.6. The van der Waals surface area contributed by atoms with Crippen LogP contribution in [0.15, 0.2) is 0 Å². The van der Waals surface area contributed by atoms with Crippen molar-refractivity contribution in [3.8, 4) is 0 Å². The third-order valence-electron chi connectivity index (χ3n) is 4.30. The molecule has 0 amide bonds. The summed E-state index contributed by atoms with van der Waals surface area (Å²) in [5.74, 6) is 0. The molecular formula is C15H32N2O. The molecule has 0 bridgehead atoms. The molecule has 0 atom stereocenters. The minimum atomic E-state index is 0.300. The van der Waals surface area contributed by atoms with Crippen LogP contribution in [-0.4, -0.2) is 43.8 Å². The lowest BCUT2D eigenvalue weighted by Gasteiger charge is -2.41. The fourth-order valence-electron chi connectivity index (χ4n) is 2.75. The maximum atomic E-state index is 6.06. The van der Waals surface area contributed by atoms with Crippen molar-refractivity contribution in [2.24, 2.45) is 11.1 Å². The summed E-state index contributed by atoms with van der Waals surface area (Å²) in [7, 11) is 0. The molecule has 2 N–H and O–H groups in total. The van der Waals surface area contributed by atoms with Crippen LogP contribution in [0, 0.1) is 5.41 Å². The molecule has 0 aromatic heterocycles. The number of hydrogen-bond acceptors (Lipinski definition) is 3. The molecular weight excluding hydrogens is 224 g/mol. The number of unbranched alkanes of at least 4 members (excludes halogenated alkanes) is 2. The van der Waals surface area contributed by atoms with Gasteiger partial charge in [-0.3, -0.25) is 0 Å². The molecule has 108 valence electrons. The smallest absolute Gasteiger partial charge is 0.0472 e. The molecule has 1 rings (SSSR count). The summed E-state index contributed by atoms with van der Waals surface area (Å²) in [5, 5.41) is 0. The standard InChI is InChI=1S/C15H32N2O/c1-4-5-6-9-17(14(2)3)13-15(12-16)7-10-18-11-8-15/h14H,4-13,16H2,1-3H3. The fraction of sp³-hybridized carbons (Fsp3) is 1.00. The molecule has 0 unspecified atom stereocenters. The molecule has 0 aromatic rings. The molecule has 0 radical (unpaired) electrons. The topological polar surface area (TPSA) is 38.5 Å². The van der Waals surface area contributed by atoms with Crippen LogP contribution in [0.5, 0.6) is 0 Å². The van der Waals surface area contributed by atoms with Gasteiger partial charge in [0.15, 0.2) is 0 Å². The van der Waals surface area contributed by atoms with E-state index >= 15 is 0 Å².